The van der Waals surface area contributed by atoms with Crippen LogP contribution >= 0.6 is 12.2 Å². The third-order valence-electron chi connectivity index (χ3n) is 6.12. The second kappa shape index (κ2) is 8.83. The molecule has 2 aromatic carbocycles. The third kappa shape index (κ3) is 4.98. The number of benzene rings is 2. The van der Waals surface area contributed by atoms with E-state index in [9.17, 15) is 18.0 Å². The van der Waals surface area contributed by atoms with Crippen LogP contribution in [0.5, 0.6) is 0 Å². The van der Waals surface area contributed by atoms with Gasteiger partial charge in [0, 0.05) is 17.7 Å². The van der Waals surface area contributed by atoms with Gasteiger partial charge >= 0.3 is 6.18 Å². The number of hydrogen-bond donors (Lipinski definition) is 2. The highest BCUT2D eigenvalue weighted by molar-refractivity contribution is 7.71. The standard InChI is InChI=1S/C24H23F3N2OS/c25-24(26,27)19-8-4-5-15(13-19)14-20-21(28-23(31)29-22(20)30)18-11-9-17(10-12-18)16-6-2-1-3-7-16/h1-8,13,17-18H,9-12,14H2,(H2,28,29,30,31). The van der Waals surface area contributed by atoms with E-state index in [4.69, 9.17) is 12.2 Å². The Labute approximate surface area is 183 Å². The van der Waals surface area contributed by atoms with Crippen molar-refractivity contribution in [2.75, 3.05) is 0 Å². The van der Waals surface area contributed by atoms with Gasteiger partial charge in [0.2, 0.25) is 0 Å². The number of alkyl halides is 3. The van der Waals surface area contributed by atoms with E-state index < -0.39 is 11.7 Å². The molecule has 0 radical (unpaired) electrons. The van der Waals surface area contributed by atoms with Crippen molar-refractivity contribution in [3.8, 4) is 0 Å². The molecule has 31 heavy (non-hydrogen) atoms. The molecule has 1 aliphatic rings. The second-order valence-electron chi connectivity index (χ2n) is 8.13. The number of aromatic nitrogens is 2. The van der Waals surface area contributed by atoms with Crippen molar-refractivity contribution in [1.82, 2.24) is 9.97 Å². The van der Waals surface area contributed by atoms with Crippen LogP contribution < -0.4 is 5.56 Å². The molecule has 1 heterocycles. The Bertz CT molecular complexity index is 1160. The van der Waals surface area contributed by atoms with Crippen LogP contribution in [0.25, 0.3) is 0 Å². The van der Waals surface area contributed by atoms with E-state index >= 15 is 0 Å². The maximum absolute atomic E-state index is 13.1. The van der Waals surface area contributed by atoms with Gasteiger partial charge in [0.15, 0.2) is 4.77 Å². The lowest BCUT2D eigenvalue weighted by atomic mass is 9.76. The van der Waals surface area contributed by atoms with Crippen LogP contribution in [-0.2, 0) is 12.6 Å². The number of rotatable bonds is 4. The minimum absolute atomic E-state index is 0.124. The second-order valence-corrected chi connectivity index (χ2v) is 8.54. The zero-order chi connectivity index (χ0) is 22.0. The Morgan fingerprint density at radius 2 is 1.58 bits per heavy atom. The van der Waals surface area contributed by atoms with Crippen molar-refractivity contribution in [3.63, 3.8) is 0 Å². The molecule has 2 N–H and O–H groups in total. The molecular formula is C24H23F3N2OS. The molecule has 0 spiro atoms. The Kier molecular flexibility index (Phi) is 6.14. The first kappa shape index (κ1) is 21.6. The quantitative estimate of drug-likeness (QED) is 0.452. The van der Waals surface area contributed by atoms with Gasteiger partial charge in [-0.2, -0.15) is 13.2 Å². The van der Waals surface area contributed by atoms with E-state index in [0.29, 0.717) is 17.0 Å². The summed E-state index contributed by atoms with van der Waals surface area (Å²) in [6.07, 6.45) is -0.527. The first-order valence-corrected chi connectivity index (χ1v) is 10.8. The van der Waals surface area contributed by atoms with Crippen molar-refractivity contribution < 1.29 is 13.2 Å². The van der Waals surface area contributed by atoms with E-state index in [-0.39, 0.29) is 22.7 Å². The highest BCUT2D eigenvalue weighted by Gasteiger charge is 2.31. The fraction of sp³-hybridized carbons (Fsp3) is 0.333. The summed E-state index contributed by atoms with van der Waals surface area (Å²) in [4.78, 5) is 18.5. The Hall–Kier alpha value is -2.67. The number of halogens is 3. The van der Waals surface area contributed by atoms with Gasteiger partial charge in [0.25, 0.3) is 5.56 Å². The molecule has 0 atom stereocenters. The molecule has 1 fully saturated rings. The molecule has 1 aliphatic carbocycles. The van der Waals surface area contributed by atoms with Crippen LogP contribution in [-0.4, -0.2) is 9.97 Å². The van der Waals surface area contributed by atoms with Crippen molar-refractivity contribution in [2.24, 2.45) is 0 Å². The van der Waals surface area contributed by atoms with E-state index in [1.165, 1.54) is 11.6 Å². The van der Waals surface area contributed by atoms with E-state index in [2.05, 4.69) is 22.1 Å². The van der Waals surface area contributed by atoms with Gasteiger partial charge < -0.3 is 4.98 Å². The summed E-state index contributed by atoms with van der Waals surface area (Å²) in [5.74, 6) is 0.610. The minimum atomic E-state index is -4.42. The molecule has 4 rings (SSSR count). The van der Waals surface area contributed by atoms with Crippen LogP contribution in [0.3, 0.4) is 0 Å². The Morgan fingerprint density at radius 1 is 0.903 bits per heavy atom. The summed E-state index contributed by atoms with van der Waals surface area (Å²) in [6, 6.07) is 15.5. The number of nitrogens with one attached hydrogen (secondary N) is 2. The molecule has 0 unspecified atom stereocenters. The molecule has 0 amide bonds. The monoisotopic (exact) mass is 444 g/mol. The van der Waals surface area contributed by atoms with Gasteiger partial charge in [-0.3, -0.25) is 9.78 Å². The van der Waals surface area contributed by atoms with E-state index in [1.807, 2.05) is 18.2 Å². The maximum Gasteiger partial charge on any atom is 0.416 e. The minimum Gasteiger partial charge on any atom is -0.335 e. The van der Waals surface area contributed by atoms with Crippen molar-refractivity contribution in [3.05, 3.63) is 97.7 Å². The summed E-state index contributed by atoms with van der Waals surface area (Å²) in [7, 11) is 0. The predicted molar refractivity (Wildman–Crippen MR) is 117 cm³/mol. The van der Waals surface area contributed by atoms with E-state index in [0.717, 1.165) is 43.5 Å². The molecule has 0 saturated heterocycles. The Balaban J connectivity index is 1.60. The topological polar surface area (TPSA) is 48.6 Å². The lowest BCUT2D eigenvalue weighted by Crippen LogP contribution is -2.22. The average molecular weight is 445 g/mol. The average Bonchev–Trinajstić information content (AvgIpc) is 2.76. The summed E-state index contributed by atoms with van der Waals surface area (Å²) in [5.41, 5.74) is 1.96. The van der Waals surface area contributed by atoms with Crippen LogP contribution in [0.4, 0.5) is 13.2 Å². The molecular weight excluding hydrogens is 421 g/mol. The van der Waals surface area contributed by atoms with Gasteiger partial charge in [0.1, 0.15) is 0 Å². The summed E-state index contributed by atoms with van der Waals surface area (Å²) < 4.78 is 39.5. The maximum atomic E-state index is 13.1. The summed E-state index contributed by atoms with van der Waals surface area (Å²) in [5, 5.41) is 0. The zero-order valence-corrected chi connectivity index (χ0v) is 17.7. The highest BCUT2D eigenvalue weighted by atomic mass is 32.1. The third-order valence-corrected chi connectivity index (χ3v) is 6.32. The molecule has 0 aliphatic heterocycles. The number of aromatic amines is 2. The molecule has 3 nitrogen and oxygen atoms in total. The van der Waals surface area contributed by atoms with Gasteiger partial charge in [0.05, 0.1) is 5.56 Å². The molecule has 162 valence electrons. The van der Waals surface area contributed by atoms with Crippen molar-refractivity contribution in [1.29, 1.82) is 0 Å². The normalized spacial score (nSPS) is 19.3. The summed E-state index contributed by atoms with van der Waals surface area (Å²) >= 11 is 5.19. The largest absolute Gasteiger partial charge is 0.416 e. The smallest absolute Gasteiger partial charge is 0.335 e. The van der Waals surface area contributed by atoms with Gasteiger partial charge in [-0.1, -0.05) is 48.5 Å². The van der Waals surface area contributed by atoms with Crippen LogP contribution in [0.2, 0.25) is 0 Å². The van der Waals surface area contributed by atoms with Crippen molar-refractivity contribution in [2.45, 2.75) is 50.1 Å². The zero-order valence-electron chi connectivity index (χ0n) is 16.8. The van der Waals surface area contributed by atoms with Gasteiger partial charge in [-0.05, 0) is 66.9 Å². The van der Waals surface area contributed by atoms with Crippen LogP contribution in [0.1, 0.15) is 65.5 Å². The molecule has 3 aromatic rings. The predicted octanol–water partition coefficient (Wildman–Crippen LogP) is 6.48. The number of H-pyrrole nitrogens is 2. The van der Waals surface area contributed by atoms with Gasteiger partial charge in [-0.25, -0.2) is 0 Å². The lowest BCUT2D eigenvalue weighted by Gasteiger charge is -2.29. The Morgan fingerprint density at radius 3 is 2.26 bits per heavy atom. The van der Waals surface area contributed by atoms with E-state index in [1.54, 1.807) is 6.07 Å². The lowest BCUT2D eigenvalue weighted by molar-refractivity contribution is -0.137. The SMILES string of the molecule is O=c1[nH]c(=S)[nH]c(C2CCC(c3ccccc3)CC2)c1Cc1cccc(C(F)(F)F)c1. The first-order valence-electron chi connectivity index (χ1n) is 10.4. The van der Waals surface area contributed by atoms with Gasteiger partial charge in [-0.15, -0.1) is 0 Å². The highest BCUT2D eigenvalue weighted by Crippen LogP contribution is 2.40. The number of hydrogen-bond acceptors (Lipinski definition) is 2. The molecule has 7 heteroatoms. The summed E-state index contributed by atoms with van der Waals surface area (Å²) in [6.45, 7) is 0. The first-order chi connectivity index (χ1) is 14.8. The molecule has 1 saturated carbocycles. The van der Waals surface area contributed by atoms with Crippen molar-refractivity contribution >= 4 is 12.2 Å². The fourth-order valence-corrected chi connectivity index (χ4v) is 4.76. The fourth-order valence-electron chi connectivity index (χ4n) is 4.56. The van der Waals surface area contributed by atoms with Crippen LogP contribution in [0.15, 0.2) is 59.4 Å². The molecule has 0 bridgehead atoms. The van der Waals surface area contributed by atoms with Crippen LogP contribution in [0, 0.1) is 4.77 Å². The molecule has 1 aromatic heterocycles.